The molecule has 6 nitrogen and oxygen atoms in total. The van der Waals surface area contributed by atoms with Crippen molar-refractivity contribution >= 4 is 11.9 Å². The summed E-state index contributed by atoms with van der Waals surface area (Å²) < 4.78 is 0. The molecule has 0 aliphatic carbocycles. The number of nitrogens with one attached hydrogen (secondary N) is 1. The van der Waals surface area contributed by atoms with Crippen LogP contribution in [-0.4, -0.2) is 40.3 Å². The van der Waals surface area contributed by atoms with Gasteiger partial charge < -0.3 is 21.3 Å². The van der Waals surface area contributed by atoms with Gasteiger partial charge in [-0.1, -0.05) is 50.6 Å². The van der Waals surface area contributed by atoms with E-state index < -0.39 is 30.1 Å². The zero-order valence-corrected chi connectivity index (χ0v) is 12.9. The summed E-state index contributed by atoms with van der Waals surface area (Å²) in [5, 5.41) is 21.5. The van der Waals surface area contributed by atoms with E-state index in [-0.39, 0.29) is 5.92 Å². The van der Waals surface area contributed by atoms with E-state index in [2.05, 4.69) is 5.32 Å². The largest absolute Gasteiger partial charge is 0.480 e. The molecule has 0 fully saturated rings. The molecule has 1 aromatic rings. The Kier molecular flexibility index (Phi) is 7.01. The van der Waals surface area contributed by atoms with E-state index in [0.717, 1.165) is 5.56 Å². The zero-order valence-electron chi connectivity index (χ0n) is 12.9. The summed E-state index contributed by atoms with van der Waals surface area (Å²) in [6.07, 6.45) is -0.522. The maximum Gasteiger partial charge on any atom is 0.326 e. The topological polar surface area (TPSA) is 113 Å². The van der Waals surface area contributed by atoms with Gasteiger partial charge in [-0.15, -0.1) is 0 Å². The number of carbonyl (C=O) groups is 2. The number of aliphatic hydroxyl groups is 1. The molecule has 1 unspecified atom stereocenters. The third kappa shape index (κ3) is 5.13. The van der Waals surface area contributed by atoms with Crippen LogP contribution >= 0.6 is 0 Å². The fourth-order valence-corrected chi connectivity index (χ4v) is 2.11. The fraction of sp³-hybridized carbons (Fsp3) is 0.500. The Morgan fingerprint density at radius 1 is 1.27 bits per heavy atom. The lowest BCUT2D eigenvalue weighted by atomic mass is 9.97. The molecule has 0 aromatic heterocycles. The predicted molar refractivity (Wildman–Crippen MR) is 83.1 cm³/mol. The Labute approximate surface area is 130 Å². The fourth-order valence-electron chi connectivity index (χ4n) is 2.11. The van der Waals surface area contributed by atoms with E-state index in [4.69, 9.17) is 10.8 Å². The molecule has 1 aromatic carbocycles. The van der Waals surface area contributed by atoms with Gasteiger partial charge in [-0.3, -0.25) is 4.79 Å². The second kappa shape index (κ2) is 8.51. The highest BCUT2D eigenvalue weighted by Crippen LogP contribution is 2.09. The van der Waals surface area contributed by atoms with Gasteiger partial charge in [0.05, 0.1) is 0 Å². The Hall–Kier alpha value is -1.92. The molecule has 6 heteroatoms. The van der Waals surface area contributed by atoms with Crippen molar-refractivity contribution in [2.75, 3.05) is 0 Å². The van der Waals surface area contributed by atoms with Crippen LogP contribution in [0.1, 0.15) is 25.8 Å². The van der Waals surface area contributed by atoms with Gasteiger partial charge in [0.2, 0.25) is 0 Å². The molecule has 1 rings (SSSR count). The number of carboxylic acid groups (broad SMARTS) is 1. The molecule has 4 atom stereocenters. The van der Waals surface area contributed by atoms with E-state index in [1.54, 1.807) is 6.92 Å². The molecule has 0 radical (unpaired) electrons. The van der Waals surface area contributed by atoms with E-state index in [1.165, 1.54) is 0 Å². The first kappa shape index (κ1) is 18.1. The smallest absolute Gasteiger partial charge is 0.326 e. The molecule has 122 valence electrons. The maximum atomic E-state index is 12.0. The number of amides is 1. The van der Waals surface area contributed by atoms with Gasteiger partial charge in [0.25, 0.3) is 5.91 Å². The van der Waals surface area contributed by atoms with Crippen molar-refractivity contribution in [3.05, 3.63) is 35.9 Å². The van der Waals surface area contributed by atoms with Crippen LogP contribution in [0.4, 0.5) is 0 Å². The van der Waals surface area contributed by atoms with Crippen LogP contribution in [0.3, 0.4) is 0 Å². The molecule has 0 spiro atoms. The van der Waals surface area contributed by atoms with Gasteiger partial charge in [0.15, 0.2) is 0 Å². The lowest BCUT2D eigenvalue weighted by Crippen LogP contribution is -2.53. The molecule has 0 heterocycles. The molecule has 0 saturated heterocycles. The first-order valence-electron chi connectivity index (χ1n) is 7.37. The number of hydrogen-bond acceptors (Lipinski definition) is 4. The number of carbonyl (C=O) groups excluding carboxylic acids is 1. The van der Waals surface area contributed by atoms with Crippen molar-refractivity contribution in [1.82, 2.24) is 5.32 Å². The first-order valence-corrected chi connectivity index (χ1v) is 7.37. The lowest BCUT2D eigenvalue weighted by Gasteiger charge is -2.24. The zero-order chi connectivity index (χ0) is 16.7. The molecule has 1 amide bonds. The van der Waals surface area contributed by atoms with Crippen LogP contribution in [0, 0.1) is 5.92 Å². The highest BCUT2D eigenvalue weighted by atomic mass is 16.4. The van der Waals surface area contributed by atoms with Crippen LogP contribution in [0.15, 0.2) is 30.3 Å². The summed E-state index contributed by atoms with van der Waals surface area (Å²) in [6.45, 7) is 3.57. The summed E-state index contributed by atoms with van der Waals surface area (Å²) in [4.78, 5) is 23.2. The number of carboxylic acids is 1. The quantitative estimate of drug-likeness (QED) is 0.559. The van der Waals surface area contributed by atoms with Gasteiger partial charge in [-0.25, -0.2) is 4.79 Å². The standard InChI is InChI=1S/C16H24N2O4/c1-3-10(2)13(16(21)22)18-15(20)14(19)12(17)9-11-7-5-4-6-8-11/h4-8,10,12-14,19H,3,9,17H2,1-2H3,(H,18,20)(H,21,22)/t10-,12?,13+,14+/m1/s1. The average Bonchev–Trinajstić information content (AvgIpc) is 2.51. The van der Waals surface area contributed by atoms with Gasteiger partial charge in [-0.2, -0.15) is 0 Å². The maximum absolute atomic E-state index is 12.0. The van der Waals surface area contributed by atoms with Crippen LogP contribution < -0.4 is 11.1 Å². The van der Waals surface area contributed by atoms with Crippen LogP contribution in [-0.2, 0) is 16.0 Å². The van der Waals surface area contributed by atoms with Gasteiger partial charge in [0, 0.05) is 6.04 Å². The molecule has 0 saturated carbocycles. The highest BCUT2D eigenvalue weighted by Gasteiger charge is 2.30. The van der Waals surface area contributed by atoms with Crippen molar-refractivity contribution in [3.63, 3.8) is 0 Å². The Balaban J connectivity index is 2.65. The Morgan fingerprint density at radius 2 is 1.86 bits per heavy atom. The van der Waals surface area contributed by atoms with Crippen molar-refractivity contribution in [1.29, 1.82) is 0 Å². The minimum atomic E-state index is -1.45. The van der Waals surface area contributed by atoms with E-state index in [0.29, 0.717) is 12.8 Å². The lowest BCUT2D eigenvalue weighted by molar-refractivity contribution is -0.145. The second-order valence-corrected chi connectivity index (χ2v) is 5.51. The summed E-state index contributed by atoms with van der Waals surface area (Å²) in [6, 6.07) is 7.43. The first-order chi connectivity index (χ1) is 10.4. The molecular formula is C16H24N2O4. The average molecular weight is 308 g/mol. The third-order valence-corrected chi connectivity index (χ3v) is 3.77. The Bertz CT molecular complexity index is 492. The SMILES string of the molecule is CC[C@@H](C)[C@H](NC(=O)[C@@H](O)C(N)Cc1ccccc1)C(=O)O. The molecule has 5 N–H and O–H groups in total. The predicted octanol–water partition coefficient (Wildman–Crippen LogP) is 0.533. The van der Waals surface area contributed by atoms with Crippen LogP contribution in [0.2, 0.25) is 0 Å². The molecule has 0 bridgehead atoms. The Morgan fingerprint density at radius 3 is 2.36 bits per heavy atom. The number of aliphatic carboxylic acids is 1. The van der Waals surface area contributed by atoms with Crippen molar-refractivity contribution in [2.24, 2.45) is 11.7 Å². The molecule has 0 aliphatic heterocycles. The van der Waals surface area contributed by atoms with Gasteiger partial charge in [0.1, 0.15) is 12.1 Å². The second-order valence-electron chi connectivity index (χ2n) is 5.51. The van der Waals surface area contributed by atoms with Crippen molar-refractivity contribution in [2.45, 2.75) is 44.9 Å². The highest BCUT2D eigenvalue weighted by molar-refractivity contribution is 5.86. The summed E-state index contributed by atoms with van der Waals surface area (Å²) in [5.41, 5.74) is 6.75. The van der Waals surface area contributed by atoms with Crippen molar-refractivity contribution in [3.8, 4) is 0 Å². The monoisotopic (exact) mass is 308 g/mol. The van der Waals surface area contributed by atoms with E-state index in [9.17, 15) is 14.7 Å². The minimum Gasteiger partial charge on any atom is -0.480 e. The van der Waals surface area contributed by atoms with Crippen molar-refractivity contribution < 1.29 is 19.8 Å². The molecule has 22 heavy (non-hydrogen) atoms. The number of benzene rings is 1. The van der Waals surface area contributed by atoms with E-state index in [1.807, 2.05) is 37.3 Å². The van der Waals surface area contributed by atoms with Gasteiger partial charge >= 0.3 is 5.97 Å². The number of nitrogens with two attached hydrogens (primary N) is 1. The van der Waals surface area contributed by atoms with Crippen LogP contribution in [0.25, 0.3) is 0 Å². The number of hydrogen-bond donors (Lipinski definition) is 4. The molecular weight excluding hydrogens is 284 g/mol. The summed E-state index contributed by atoms with van der Waals surface area (Å²) >= 11 is 0. The third-order valence-electron chi connectivity index (χ3n) is 3.77. The van der Waals surface area contributed by atoms with E-state index >= 15 is 0 Å². The van der Waals surface area contributed by atoms with Crippen LogP contribution in [0.5, 0.6) is 0 Å². The van der Waals surface area contributed by atoms with Gasteiger partial charge in [-0.05, 0) is 17.9 Å². The minimum absolute atomic E-state index is 0.237. The molecule has 0 aliphatic rings. The number of aliphatic hydroxyl groups excluding tert-OH is 1. The summed E-state index contributed by atoms with van der Waals surface area (Å²) in [5.74, 6) is -2.11. The normalized spacial score (nSPS) is 16.4. The summed E-state index contributed by atoms with van der Waals surface area (Å²) in [7, 11) is 0. The number of rotatable bonds is 8.